The summed E-state index contributed by atoms with van der Waals surface area (Å²) in [6.45, 7) is 10.4. The van der Waals surface area contributed by atoms with Crippen LogP contribution >= 0.6 is 0 Å². The molecule has 0 fully saturated rings. The van der Waals surface area contributed by atoms with Gasteiger partial charge in [-0.15, -0.1) is 0 Å². The highest BCUT2D eigenvalue weighted by molar-refractivity contribution is 5.91. The molecule has 0 aromatic carbocycles. The molecular weight excluding hydrogens is 284 g/mol. The van der Waals surface area contributed by atoms with Gasteiger partial charge in [0.05, 0.1) is 26.0 Å². The Morgan fingerprint density at radius 1 is 1.50 bits per heavy atom. The summed E-state index contributed by atoms with van der Waals surface area (Å²) in [5, 5.41) is 13.5. The highest BCUT2D eigenvalue weighted by Crippen LogP contribution is 2.23. The second-order valence-corrected chi connectivity index (χ2v) is 6.20. The van der Waals surface area contributed by atoms with E-state index in [4.69, 9.17) is 9.47 Å². The number of carbonyl (C=O) groups excluding carboxylic acids is 1. The second-order valence-electron chi connectivity index (χ2n) is 6.20. The molecule has 1 aromatic rings. The van der Waals surface area contributed by atoms with Crippen molar-refractivity contribution in [2.24, 2.45) is 11.3 Å². The molecule has 0 amide bonds. The second kappa shape index (κ2) is 7.98. The maximum absolute atomic E-state index is 12.0. The number of esters is 1. The number of hydrogen-bond acceptors (Lipinski definition) is 5. The molecule has 0 saturated carbocycles. The first-order chi connectivity index (χ1) is 10.3. The fourth-order valence-corrected chi connectivity index (χ4v) is 1.52. The van der Waals surface area contributed by atoms with Gasteiger partial charge < -0.3 is 14.6 Å². The van der Waals surface area contributed by atoms with Crippen molar-refractivity contribution in [2.45, 2.75) is 34.6 Å². The van der Waals surface area contributed by atoms with E-state index in [1.807, 2.05) is 33.8 Å². The van der Waals surface area contributed by atoms with Crippen LogP contribution in [0.5, 0.6) is 5.88 Å². The molecule has 1 heterocycles. The molecule has 0 unspecified atom stereocenters. The summed E-state index contributed by atoms with van der Waals surface area (Å²) < 4.78 is 12.2. The SMILES string of the molecule is CCOC(=O)c1cnn(C=CC(C)(C)CO)c1OCC(C)C. The van der Waals surface area contributed by atoms with Crippen LogP contribution in [0.25, 0.3) is 6.20 Å². The Bertz CT molecular complexity index is 518. The van der Waals surface area contributed by atoms with Crippen molar-refractivity contribution in [3.05, 3.63) is 17.8 Å². The van der Waals surface area contributed by atoms with Gasteiger partial charge in [0.25, 0.3) is 0 Å². The third kappa shape index (κ3) is 5.18. The van der Waals surface area contributed by atoms with Crippen LogP contribution in [-0.2, 0) is 4.74 Å². The topological polar surface area (TPSA) is 73.6 Å². The average Bonchev–Trinajstić information content (AvgIpc) is 2.86. The molecular formula is C16H26N2O4. The normalized spacial score (nSPS) is 12.1. The Balaban J connectivity index is 3.08. The highest BCUT2D eigenvalue weighted by atomic mass is 16.5. The van der Waals surface area contributed by atoms with Gasteiger partial charge in [-0.1, -0.05) is 33.8 Å². The maximum Gasteiger partial charge on any atom is 0.345 e. The Labute approximate surface area is 131 Å². The highest BCUT2D eigenvalue weighted by Gasteiger charge is 2.20. The summed E-state index contributed by atoms with van der Waals surface area (Å²) in [6, 6.07) is 0. The molecule has 0 aliphatic heterocycles. The molecule has 0 bridgehead atoms. The molecule has 0 spiro atoms. The van der Waals surface area contributed by atoms with Crippen molar-refractivity contribution in [1.82, 2.24) is 9.78 Å². The lowest BCUT2D eigenvalue weighted by Crippen LogP contribution is -2.14. The lowest BCUT2D eigenvalue weighted by Gasteiger charge is -2.16. The Morgan fingerprint density at radius 2 is 2.18 bits per heavy atom. The van der Waals surface area contributed by atoms with Crippen LogP contribution in [-0.4, -0.2) is 40.7 Å². The van der Waals surface area contributed by atoms with Crippen LogP contribution in [0, 0.1) is 11.3 Å². The number of carbonyl (C=O) groups is 1. The summed E-state index contributed by atoms with van der Waals surface area (Å²) in [5.74, 6) is 0.218. The van der Waals surface area contributed by atoms with Crippen LogP contribution in [0.2, 0.25) is 0 Å². The molecule has 0 saturated heterocycles. The summed E-state index contributed by atoms with van der Waals surface area (Å²) in [6.07, 6.45) is 4.94. The molecule has 1 rings (SSSR count). The molecule has 0 aliphatic rings. The first-order valence-corrected chi connectivity index (χ1v) is 7.48. The van der Waals surface area contributed by atoms with Gasteiger partial charge in [-0.3, -0.25) is 0 Å². The Hall–Kier alpha value is -1.82. The predicted octanol–water partition coefficient (Wildman–Crippen LogP) is 2.58. The van der Waals surface area contributed by atoms with Crippen molar-refractivity contribution in [3.8, 4) is 5.88 Å². The Kier molecular flexibility index (Phi) is 6.61. The van der Waals surface area contributed by atoms with Crippen LogP contribution in [0.4, 0.5) is 0 Å². The molecule has 6 nitrogen and oxygen atoms in total. The molecule has 22 heavy (non-hydrogen) atoms. The van der Waals surface area contributed by atoms with E-state index in [0.29, 0.717) is 30.6 Å². The first-order valence-electron chi connectivity index (χ1n) is 7.48. The average molecular weight is 310 g/mol. The van der Waals surface area contributed by atoms with E-state index in [-0.39, 0.29) is 12.0 Å². The van der Waals surface area contributed by atoms with Gasteiger partial charge in [0, 0.05) is 11.6 Å². The third-order valence-electron chi connectivity index (χ3n) is 2.87. The van der Waals surface area contributed by atoms with E-state index in [9.17, 15) is 9.90 Å². The quantitative estimate of drug-likeness (QED) is 0.747. The number of ether oxygens (including phenoxy) is 2. The molecule has 6 heteroatoms. The largest absolute Gasteiger partial charge is 0.477 e. The number of aliphatic hydroxyl groups excluding tert-OH is 1. The molecule has 0 radical (unpaired) electrons. The molecule has 1 aromatic heterocycles. The predicted molar refractivity (Wildman–Crippen MR) is 84.7 cm³/mol. The third-order valence-corrected chi connectivity index (χ3v) is 2.87. The van der Waals surface area contributed by atoms with Gasteiger partial charge in [-0.2, -0.15) is 5.10 Å². The van der Waals surface area contributed by atoms with E-state index < -0.39 is 5.97 Å². The van der Waals surface area contributed by atoms with Crippen molar-refractivity contribution in [3.63, 3.8) is 0 Å². The number of aromatic nitrogens is 2. The van der Waals surface area contributed by atoms with Crippen LogP contribution in [0.3, 0.4) is 0 Å². The standard InChI is InChI=1S/C16H26N2O4/c1-6-21-15(20)13-9-17-18(8-7-16(4,5)11-19)14(13)22-10-12(2)3/h7-9,12,19H,6,10-11H2,1-5H3. The monoisotopic (exact) mass is 310 g/mol. The van der Waals surface area contributed by atoms with E-state index in [1.54, 1.807) is 13.1 Å². The zero-order chi connectivity index (χ0) is 16.8. The van der Waals surface area contributed by atoms with Gasteiger partial charge >= 0.3 is 5.97 Å². The number of rotatable bonds is 8. The smallest absolute Gasteiger partial charge is 0.345 e. The summed E-state index contributed by atoms with van der Waals surface area (Å²) in [4.78, 5) is 12.0. The fourth-order valence-electron chi connectivity index (χ4n) is 1.52. The minimum absolute atomic E-state index is 0.0116. The summed E-state index contributed by atoms with van der Waals surface area (Å²) in [7, 11) is 0. The van der Waals surface area contributed by atoms with Crippen LogP contribution in [0.15, 0.2) is 12.3 Å². The van der Waals surface area contributed by atoms with Crippen LogP contribution in [0.1, 0.15) is 45.0 Å². The van der Waals surface area contributed by atoms with Gasteiger partial charge in [0.2, 0.25) is 5.88 Å². The zero-order valence-electron chi connectivity index (χ0n) is 14.0. The first kappa shape index (κ1) is 18.2. The van der Waals surface area contributed by atoms with Crippen molar-refractivity contribution in [2.75, 3.05) is 19.8 Å². The number of aliphatic hydroxyl groups is 1. The van der Waals surface area contributed by atoms with E-state index >= 15 is 0 Å². The molecule has 124 valence electrons. The zero-order valence-corrected chi connectivity index (χ0v) is 14.0. The maximum atomic E-state index is 12.0. The van der Waals surface area contributed by atoms with Crippen molar-refractivity contribution >= 4 is 12.2 Å². The van der Waals surface area contributed by atoms with E-state index in [2.05, 4.69) is 5.10 Å². The van der Waals surface area contributed by atoms with Crippen molar-refractivity contribution < 1.29 is 19.4 Å². The molecule has 1 N–H and O–H groups in total. The van der Waals surface area contributed by atoms with Gasteiger partial charge in [-0.25, -0.2) is 9.48 Å². The molecule has 0 aliphatic carbocycles. The lowest BCUT2D eigenvalue weighted by molar-refractivity contribution is 0.0520. The summed E-state index contributed by atoms with van der Waals surface area (Å²) in [5.41, 5.74) is -0.0836. The number of nitrogens with zero attached hydrogens (tertiary/aromatic N) is 2. The lowest BCUT2D eigenvalue weighted by atomic mass is 9.95. The summed E-state index contributed by atoms with van der Waals surface area (Å²) >= 11 is 0. The van der Waals surface area contributed by atoms with Gasteiger partial charge in [0.1, 0.15) is 5.56 Å². The van der Waals surface area contributed by atoms with Crippen LogP contribution < -0.4 is 4.74 Å². The minimum atomic E-state index is -0.456. The Morgan fingerprint density at radius 3 is 2.73 bits per heavy atom. The number of hydrogen-bond donors (Lipinski definition) is 1. The van der Waals surface area contributed by atoms with Gasteiger partial charge in [0.15, 0.2) is 0 Å². The minimum Gasteiger partial charge on any atom is -0.477 e. The van der Waals surface area contributed by atoms with Crippen molar-refractivity contribution in [1.29, 1.82) is 0 Å². The van der Waals surface area contributed by atoms with E-state index in [1.165, 1.54) is 10.9 Å². The molecule has 0 atom stereocenters. The van der Waals surface area contributed by atoms with E-state index in [0.717, 1.165) is 0 Å². The fraction of sp³-hybridized carbons (Fsp3) is 0.625. The van der Waals surface area contributed by atoms with Gasteiger partial charge in [-0.05, 0) is 12.8 Å².